The molecule has 0 aromatic heterocycles. The van der Waals surface area contributed by atoms with Crippen molar-refractivity contribution >= 4 is 39.7 Å². The third-order valence-electron chi connectivity index (χ3n) is 3.23. The summed E-state index contributed by atoms with van der Waals surface area (Å²) in [6.45, 7) is 21.5. The maximum Gasteiger partial charge on any atom is 0.469 e. The summed E-state index contributed by atoms with van der Waals surface area (Å²) in [6.07, 6.45) is 2.96. The fraction of sp³-hybridized carbons (Fsp3) is 0.842. The highest BCUT2D eigenvalue weighted by Gasteiger charge is 2.49. The molecule has 1 N–H and O–H groups in total. The first-order valence-electron chi connectivity index (χ1n) is 10.7. The van der Waals surface area contributed by atoms with Crippen LogP contribution in [-0.2, 0) is 26.6 Å². The highest BCUT2D eigenvalue weighted by molar-refractivity contribution is 6.90. The van der Waals surface area contributed by atoms with Crippen molar-refractivity contribution in [3.63, 3.8) is 0 Å². The summed E-state index contributed by atoms with van der Waals surface area (Å²) in [5.41, 5.74) is 0. The molecule has 7 nitrogen and oxygen atoms in total. The zero-order valence-corrected chi connectivity index (χ0v) is 24.7. The van der Waals surface area contributed by atoms with E-state index in [2.05, 4.69) is 58.9 Å². The summed E-state index contributed by atoms with van der Waals surface area (Å²) in [6, 6.07) is 0.517. The first-order chi connectivity index (χ1) is 13.5. The predicted octanol–water partition coefficient (Wildman–Crippen LogP) is 4.71. The van der Waals surface area contributed by atoms with Gasteiger partial charge in [0.25, 0.3) is 0 Å². The number of carbonyl (C=O) groups is 1. The van der Waals surface area contributed by atoms with Gasteiger partial charge in [0.05, 0.1) is 13.2 Å². The standard InChI is InChI=1S/C19H44O7Si4/c1-11-13-18(20)22-15-12-16-23-19(21)14-17-30(24-27(2,3)4,25-28(5,6)7)26-29(8,9)10/h11,13,19,21H,12,14-17H2,1-10H3. The van der Waals surface area contributed by atoms with Crippen molar-refractivity contribution in [2.45, 2.75) is 91.0 Å². The number of ether oxygens (including phenoxy) is 2. The summed E-state index contributed by atoms with van der Waals surface area (Å²) in [7, 11) is -8.79. The van der Waals surface area contributed by atoms with Gasteiger partial charge in [-0.05, 0) is 65.8 Å². The number of rotatable bonds is 15. The molecule has 1 unspecified atom stereocenters. The van der Waals surface area contributed by atoms with Crippen molar-refractivity contribution in [3.8, 4) is 0 Å². The number of hydrogen-bond donors (Lipinski definition) is 1. The van der Waals surface area contributed by atoms with Crippen molar-refractivity contribution in [3.05, 3.63) is 12.2 Å². The number of aliphatic hydroxyl groups excluding tert-OH is 1. The number of aliphatic hydroxyl groups is 1. The molecular formula is C19H44O7Si4. The molecule has 11 heteroatoms. The molecule has 0 aliphatic rings. The molecule has 0 aliphatic carbocycles. The van der Waals surface area contributed by atoms with Gasteiger partial charge in [-0.25, -0.2) is 4.79 Å². The normalized spacial score (nSPS) is 14.9. The minimum absolute atomic E-state index is 0.255. The van der Waals surface area contributed by atoms with E-state index in [9.17, 15) is 9.90 Å². The summed E-state index contributed by atoms with van der Waals surface area (Å²) in [5, 5.41) is 10.3. The molecule has 0 saturated heterocycles. The molecule has 0 spiro atoms. The van der Waals surface area contributed by atoms with E-state index in [1.807, 2.05) is 0 Å². The molecule has 0 aliphatic heterocycles. The molecule has 0 radical (unpaired) electrons. The van der Waals surface area contributed by atoms with Crippen LogP contribution in [0.3, 0.4) is 0 Å². The SMILES string of the molecule is CC=CC(=O)OCCCOC(O)CC[Si](O[Si](C)(C)C)(O[Si](C)(C)C)O[Si](C)(C)C. The highest BCUT2D eigenvalue weighted by Crippen LogP contribution is 2.30. The third kappa shape index (κ3) is 16.6. The average Bonchev–Trinajstić information content (AvgIpc) is 2.47. The van der Waals surface area contributed by atoms with E-state index in [0.29, 0.717) is 25.5 Å². The number of allylic oxidation sites excluding steroid dienone is 1. The topological polar surface area (TPSA) is 83.5 Å². The summed E-state index contributed by atoms with van der Waals surface area (Å²) >= 11 is 0. The summed E-state index contributed by atoms with van der Waals surface area (Å²) in [4.78, 5) is 11.3. The fourth-order valence-electron chi connectivity index (χ4n) is 2.63. The van der Waals surface area contributed by atoms with Crippen LogP contribution in [0.2, 0.25) is 65.0 Å². The lowest BCUT2D eigenvalue weighted by atomic mass is 10.4. The Kier molecular flexibility index (Phi) is 12.7. The Hall–Kier alpha value is -0.122. The first kappa shape index (κ1) is 29.9. The molecular weight excluding hydrogens is 453 g/mol. The maximum absolute atomic E-state index is 11.3. The molecule has 0 heterocycles. The fourth-order valence-corrected chi connectivity index (χ4v) is 17.3. The van der Waals surface area contributed by atoms with Gasteiger partial charge in [0.2, 0.25) is 0 Å². The first-order valence-corrected chi connectivity index (χ1v) is 22.8. The minimum atomic E-state index is -2.97. The van der Waals surface area contributed by atoms with Gasteiger partial charge in [-0.1, -0.05) is 6.08 Å². The number of carbonyl (C=O) groups excluding carboxylic acids is 1. The van der Waals surface area contributed by atoms with E-state index in [4.69, 9.17) is 21.8 Å². The molecule has 0 amide bonds. The van der Waals surface area contributed by atoms with E-state index >= 15 is 0 Å². The number of esters is 1. The highest BCUT2D eigenvalue weighted by atomic mass is 28.5. The van der Waals surface area contributed by atoms with Crippen molar-refractivity contribution in [1.29, 1.82) is 0 Å². The van der Waals surface area contributed by atoms with E-state index in [-0.39, 0.29) is 12.6 Å². The molecule has 0 aromatic carbocycles. The van der Waals surface area contributed by atoms with Gasteiger partial charge in [0, 0.05) is 25.0 Å². The molecule has 0 saturated carbocycles. The predicted molar refractivity (Wildman–Crippen MR) is 131 cm³/mol. The Labute approximate surface area is 187 Å². The molecule has 0 rings (SSSR count). The molecule has 1 atom stereocenters. The minimum Gasteiger partial charge on any atom is -0.462 e. The zero-order valence-electron chi connectivity index (χ0n) is 20.7. The van der Waals surface area contributed by atoms with Crippen LogP contribution in [0.5, 0.6) is 0 Å². The average molecular weight is 497 g/mol. The van der Waals surface area contributed by atoms with Gasteiger partial charge < -0.3 is 26.9 Å². The van der Waals surface area contributed by atoms with E-state index in [1.165, 1.54) is 6.08 Å². The zero-order chi connectivity index (χ0) is 23.6. The van der Waals surface area contributed by atoms with Gasteiger partial charge in [-0.2, -0.15) is 0 Å². The van der Waals surface area contributed by atoms with Crippen LogP contribution in [0.1, 0.15) is 19.8 Å². The Morgan fingerprint density at radius 1 is 0.867 bits per heavy atom. The van der Waals surface area contributed by atoms with Crippen LogP contribution in [0.15, 0.2) is 12.2 Å². The second-order valence-corrected chi connectivity index (χ2v) is 27.2. The van der Waals surface area contributed by atoms with Gasteiger partial charge in [0.15, 0.2) is 31.2 Å². The van der Waals surface area contributed by atoms with Gasteiger partial charge in [-0.3, -0.25) is 0 Å². The van der Waals surface area contributed by atoms with E-state index < -0.39 is 40.0 Å². The smallest absolute Gasteiger partial charge is 0.462 e. The van der Waals surface area contributed by atoms with Crippen molar-refractivity contribution in [2.75, 3.05) is 13.2 Å². The summed E-state index contributed by atoms with van der Waals surface area (Å²) < 4.78 is 30.3. The monoisotopic (exact) mass is 496 g/mol. The summed E-state index contributed by atoms with van der Waals surface area (Å²) in [5.74, 6) is -0.371. The van der Waals surface area contributed by atoms with Crippen LogP contribution in [0.25, 0.3) is 0 Å². The van der Waals surface area contributed by atoms with Gasteiger partial charge in [-0.15, -0.1) is 0 Å². The Bertz CT molecular complexity index is 496. The molecule has 0 bridgehead atoms. The lowest BCUT2D eigenvalue weighted by Gasteiger charge is -2.43. The molecule has 0 aromatic rings. The lowest BCUT2D eigenvalue weighted by molar-refractivity contribution is -0.139. The van der Waals surface area contributed by atoms with Gasteiger partial charge in [0.1, 0.15) is 0 Å². The van der Waals surface area contributed by atoms with E-state index in [0.717, 1.165) is 0 Å². The van der Waals surface area contributed by atoms with Gasteiger partial charge >= 0.3 is 14.8 Å². The Morgan fingerprint density at radius 3 is 1.73 bits per heavy atom. The van der Waals surface area contributed by atoms with E-state index in [1.54, 1.807) is 13.0 Å². The Morgan fingerprint density at radius 2 is 1.33 bits per heavy atom. The quantitative estimate of drug-likeness (QED) is 0.115. The molecule has 30 heavy (non-hydrogen) atoms. The van der Waals surface area contributed by atoms with Crippen molar-refractivity contribution in [1.82, 2.24) is 0 Å². The van der Waals surface area contributed by atoms with Crippen molar-refractivity contribution in [2.24, 2.45) is 0 Å². The van der Waals surface area contributed by atoms with Crippen LogP contribution >= 0.6 is 0 Å². The largest absolute Gasteiger partial charge is 0.469 e. The third-order valence-corrected chi connectivity index (χ3v) is 15.2. The van der Waals surface area contributed by atoms with Crippen molar-refractivity contribution < 1.29 is 31.7 Å². The van der Waals surface area contributed by atoms with Crippen LogP contribution in [0.4, 0.5) is 0 Å². The molecule has 0 fully saturated rings. The lowest BCUT2D eigenvalue weighted by Crippen LogP contribution is -2.60. The van der Waals surface area contributed by atoms with Crippen LogP contribution < -0.4 is 0 Å². The second kappa shape index (κ2) is 12.8. The van der Waals surface area contributed by atoms with Crippen LogP contribution in [0, 0.1) is 0 Å². The molecule has 178 valence electrons. The second-order valence-electron chi connectivity index (χ2n) is 10.2. The Balaban J connectivity index is 4.94. The maximum atomic E-state index is 11.3. The number of hydrogen-bond acceptors (Lipinski definition) is 7. The van der Waals surface area contributed by atoms with Crippen LogP contribution in [-0.4, -0.2) is 64.3 Å².